The Morgan fingerprint density at radius 3 is 2.91 bits per heavy atom. The number of aromatic nitrogens is 3. The average molecular weight is 315 g/mol. The summed E-state index contributed by atoms with van der Waals surface area (Å²) in [5.41, 5.74) is 0.937. The van der Waals surface area contributed by atoms with Crippen molar-refractivity contribution in [3.05, 3.63) is 18.6 Å². The molecule has 1 aliphatic carbocycles. The van der Waals surface area contributed by atoms with Gasteiger partial charge in [0.1, 0.15) is 12.0 Å². The Kier molecular flexibility index (Phi) is 4.61. The maximum atomic E-state index is 9.39. The predicted octanol–water partition coefficient (Wildman–Crippen LogP) is 2.76. The molecule has 0 aromatic carbocycles. The Labute approximate surface area is 136 Å². The van der Waals surface area contributed by atoms with Crippen LogP contribution in [-0.2, 0) is 0 Å². The van der Waals surface area contributed by atoms with Crippen molar-refractivity contribution in [1.82, 2.24) is 19.4 Å². The second-order valence-electron chi connectivity index (χ2n) is 6.78. The largest absolute Gasteiger partial charge is 0.393 e. The van der Waals surface area contributed by atoms with Crippen molar-refractivity contribution in [2.24, 2.45) is 10.9 Å². The second kappa shape index (κ2) is 6.66. The summed E-state index contributed by atoms with van der Waals surface area (Å²) in [5.74, 6) is 1.39. The fourth-order valence-corrected chi connectivity index (χ4v) is 3.14. The fraction of sp³-hybridized carbons (Fsp3) is 0.588. The molecule has 0 bridgehead atoms. The highest BCUT2D eigenvalue weighted by Gasteiger charge is 2.27. The molecule has 23 heavy (non-hydrogen) atoms. The normalized spacial score (nSPS) is 22.4. The van der Waals surface area contributed by atoms with Gasteiger partial charge in [0.25, 0.3) is 0 Å². The molecular weight excluding hydrogens is 290 g/mol. The van der Waals surface area contributed by atoms with E-state index in [0.717, 1.165) is 36.7 Å². The van der Waals surface area contributed by atoms with Gasteiger partial charge in [-0.25, -0.2) is 15.0 Å². The van der Waals surface area contributed by atoms with E-state index in [9.17, 15) is 5.11 Å². The Hall–Kier alpha value is -1.95. The zero-order chi connectivity index (χ0) is 16.4. The monoisotopic (exact) mass is 315 g/mol. The zero-order valence-corrected chi connectivity index (χ0v) is 14.1. The van der Waals surface area contributed by atoms with Crippen LogP contribution in [0.3, 0.4) is 0 Å². The summed E-state index contributed by atoms with van der Waals surface area (Å²) < 4.78 is 2.21. The van der Waals surface area contributed by atoms with Gasteiger partial charge in [0, 0.05) is 26.3 Å². The van der Waals surface area contributed by atoms with E-state index >= 15 is 0 Å². The molecule has 1 atom stereocenters. The van der Waals surface area contributed by atoms with Crippen molar-refractivity contribution in [1.29, 1.82) is 0 Å². The van der Waals surface area contributed by atoms with Gasteiger partial charge >= 0.3 is 0 Å². The SMILES string of the molecule is CC(CCC1CC(O)C1)n1ccc2c(/N=C/N(C)C)ncnc21. The number of rotatable bonds is 6. The van der Waals surface area contributed by atoms with Crippen LogP contribution < -0.4 is 0 Å². The Balaban J connectivity index is 1.75. The molecule has 0 radical (unpaired) electrons. The first-order valence-corrected chi connectivity index (χ1v) is 8.25. The molecular formula is C17H25N5O. The number of fused-ring (bicyclic) bond motifs is 1. The van der Waals surface area contributed by atoms with Crippen molar-refractivity contribution in [2.75, 3.05) is 14.1 Å². The van der Waals surface area contributed by atoms with Crippen LogP contribution in [0.2, 0.25) is 0 Å². The van der Waals surface area contributed by atoms with Gasteiger partial charge in [-0.3, -0.25) is 0 Å². The van der Waals surface area contributed by atoms with Gasteiger partial charge in [-0.2, -0.15) is 0 Å². The number of hydrogen-bond donors (Lipinski definition) is 1. The average Bonchev–Trinajstić information content (AvgIpc) is 2.92. The molecule has 6 heteroatoms. The standard InChI is InChI=1S/C17H25N5O/c1-12(4-5-13-8-14(23)9-13)22-7-6-15-16(20-11-21(2)3)18-10-19-17(15)22/h6-7,10-14,23H,4-5,8-9H2,1-3H3/b20-11+. The number of aliphatic imine (C=N–C) groups is 1. The highest BCUT2D eigenvalue weighted by atomic mass is 16.3. The lowest BCUT2D eigenvalue weighted by atomic mass is 9.79. The van der Waals surface area contributed by atoms with Crippen molar-refractivity contribution < 1.29 is 5.11 Å². The summed E-state index contributed by atoms with van der Waals surface area (Å²) >= 11 is 0. The third kappa shape index (κ3) is 3.52. The number of aliphatic hydroxyl groups is 1. The smallest absolute Gasteiger partial charge is 0.166 e. The minimum absolute atomic E-state index is 0.0624. The van der Waals surface area contributed by atoms with Crippen LogP contribution in [-0.4, -0.2) is 51.1 Å². The zero-order valence-electron chi connectivity index (χ0n) is 14.1. The molecule has 2 heterocycles. The number of hydrogen-bond acceptors (Lipinski definition) is 4. The summed E-state index contributed by atoms with van der Waals surface area (Å²) in [6, 6.07) is 2.42. The van der Waals surface area contributed by atoms with Crippen LogP contribution in [0.25, 0.3) is 11.0 Å². The first-order valence-electron chi connectivity index (χ1n) is 8.25. The Morgan fingerprint density at radius 1 is 1.43 bits per heavy atom. The molecule has 0 spiro atoms. The first kappa shape index (κ1) is 15.9. The summed E-state index contributed by atoms with van der Waals surface area (Å²) in [7, 11) is 3.87. The Morgan fingerprint density at radius 2 is 2.22 bits per heavy atom. The van der Waals surface area contributed by atoms with Gasteiger partial charge < -0.3 is 14.6 Å². The lowest BCUT2D eigenvalue weighted by Gasteiger charge is -2.32. The molecule has 3 rings (SSSR count). The molecule has 124 valence electrons. The molecule has 6 nitrogen and oxygen atoms in total. The predicted molar refractivity (Wildman–Crippen MR) is 92.0 cm³/mol. The molecule has 1 unspecified atom stereocenters. The van der Waals surface area contributed by atoms with Crippen LogP contribution in [0, 0.1) is 5.92 Å². The van der Waals surface area contributed by atoms with Crippen LogP contribution in [0.1, 0.15) is 38.6 Å². The fourth-order valence-electron chi connectivity index (χ4n) is 3.14. The minimum Gasteiger partial charge on any atom is -0.393 e. The molecule has 2 aromatic rings. The molecule has 0 saturated heterocycles. The maximum Gasteiger partial charge on any atom is 0.166 e. The number of nitrogens with zero attached hydrogens (tertiary/aromatic N) is 5. The van der Waals surface area contributed by atoms with Crippen LogP contribution in [0.15, 0.2) is 23.6 Å². The molecule has 2 aromatic heterocycles. The van der Waals surface area contributed by atoms with E-state index in [4.69, 9.17) is 0 Å². The van der Waals surface area contributed by atoms with E-state index in [1.807, 2.05) is 25.1 Å². The minimum atomic E-state index is -0.0624. The van der Waals surface area contributed by atoms with Gasteiger partial charge in [-0.15, -0.1) is 0 Å². The van der Waals surface area contributed by atoms with Gasteiger partial charge in [0.05, 0.1) is 17.8 Å². The summed E-state index contributed by atoms with van der Waals surface area (Å²) in [4.78, 5) is 15.0. The van der Waals surface area contributed by atoms with E-state index in [-0.39, 0.29) is 6.10 Å². The van der Waals surface area contributed by atoms with Crippen molar-refractivity contribution >= 4 is 23.2 Å². The van der Waals surface area contributed by atoms with Gasteiger partial charge in [-0.05, 0) is 44.6 Å². The summed E-state index contributed by atoms with van der Waals surface area (Å²) in [6.07, 6.45) is 9.54. The highest BCUT2D eigenvalue weighted by Crippen LogP contribution is 2.34. The van der Waals surface area contributed by atoms with Crippen LogP contribution >= 0.6 is 0 Å². The quantitative estimate of drug-likeness (QED) is 0.657. The molecule has 0 aliphatic heterocycles. The molecule has 0 amide bonds. The highest BCUT2D eigenvalue weighted by molar-refractivity contribution is 5.87. The van der Waals surface area contributed by atoms with E-state index < -0.39 is 0 Å². The van der Waals surface area contributed by atoms with E-state index in [1.54, 1.807) is 12.7 Å². The van der Waals surface area contributed by atoms with Gasteiger partial charge in [-0.1, -0.05) is 0 Å². The molecule has 1 N–H and O–H groups in total. The van der Waals surface area contributed by atoms with Crippen LogP contribution in [0.5, 0.6) is 0 Å². The topological polar surface area (TPSA) is 66.5 Å². The third-order valence-electron chi connectivity index (χ3n) is 4.58. The Bertz CT molecular complexity index is 687. The van der Waals surface area contributed by atoms with E-state index in [1.165, 1.54) is 0 Å². The molecule has 1 saturated carbocycles. The summed E-state index contributed by atoms with van der Waals surface area (Å²) in [6.45, 7) is 2.22. The number of aliphatic hydroxyl groups excluding tert-OH is 1. The second-order valence-corrected chi connectivity index (χ2v) is 6.78. The summed E-state index contributed by atoms with van der Waals surface area (Å²) in [5, 5.41) is 10.4. The first-order chi connectivity index (χ1) is 11.0. The lowest BCUT2D eigenvalue weighted by molar-refractivity contribution is 0.0368. The molecule has 1 aliphatic rings. The lowest BCUT2D eigenvalue weighted by Crippen LogP contribution is -2.28. The van der Waals surface area contributed by atoms with E-state index in [0.29, 0.717) is 17.8 Å². The van der Waals surface area contributed by atoms with Crippen LogP contribution in [0.4, 0.5) is 5.82 Å². The van der Waals surface area contributed by atoms with Crippen molar-refractivity contribution in [3.8, 4) is 0 Å². The molecule has 1 fully saturated rings. The maximum absolute atomic E-state index is 9.39. The third-order valence-corrected chi connectivity index (χ3v) is 4.58. The van der Waals surface area contributed by atoms with E-state index in [2.05, 4.69) is 32.6 Å². The van der Waals surface area contributed by atoms with Gasteiger partial charge in [0.15, 0.2) is 5.82 Å². The van der Waals surface area contributed by atoms with Crippen molar-refractivity contribution in [2.45, 2.75) is 44.8 Å². The van der Waals surface area contributed by atoms with Crippen molar-refractivity contribution in [3.63, 3.8) is 0 Å². The van der Waals surface area contributed by atoms with Gasteiger partial charge in [0.2, 0.25) is 0 Å².